The Bertz CT molecular complexity index is 606. The first-order chi connectivity index (χ1) is 9.72. The molecule has 104 valence electrons. The molecular formula is C13H16N6O. The highest BCUT2D eigenvalue weighted by Gasteiger charge is 2.20. The summed E-state index contributed by atoms with van der Waals surface area (Å²) >= 11 is 0. The molecule has 1 aliphatic heterocycles. The van der Waals surface area contributed by atoms with Crippen molar-refractivity contribution in [2.45, 2.75) is 6.54 Å². The summed E-state index contributed by atoms with van der Waals surface area (Å²) in [6.45, 7) is 2.04. The van der Waals surface area contributed by atoms with E-state index in [2.05, 4.69) is 20.9 Å². The van der Waals surface area contributed by atoms with Gasteiger partial charge in [-0.05, 0) is 24.3 Å². The molecule has 2 N–H and O–H groups in total. The molecule has 0 atom stereocenters. The van der Waals surface area contributed by atoms with Gasteiger partial charge in [0.15, 0.2) is 0 Å². The molecule has 0 spiro atoms. The predicted molar refractivity (Wildman–Crippen MR) is 75.5 cm³/mol. The van der Waals surface area contributed by atoms with Crippen molar-refractivity contribution in [3.05, 3.63) is 36.2 Å². The van der Waals surface area contributed by atoms with Crippen molar-refractivity contribution in [1.82, 2.24) is 20.3 Å². The van der Waals surface area contributed by atoms with Gasteiger partial charge in [-0.1, -0.05) is 5.21 Å². The van der Waals surface area contributed by atoms with Gasteiger partial charge in [-0.15, -0.1) is 5.10 Å². The summed E-state index contributed by atoms with van der Waals surface area (Å²) in [5.41, 5.74) is 2.78. The van der Waals surface area contributed by atoms with Crippen molar-refractivity contribution < 1.29 is 4.79 Å². The molecule has 2 heterocycles. The van der Waals surface area contributed by atoms with Gasteiger partial charge in [0.25, 0.3) is 0 Å². The van der Waals surface area contributed by atoms with Crippen LogP contribution in [0.25, 0.3) is 0 Å². The van der Waals surface area contributed by atoms with E-state index in [1.165, 1.54) is 0 Å². The number of anilines is 2. The molecule has 2 aromatic rings. The Balaban J connectivity index is 1.62. The lowest BCUT2D eigenvalue weighted by molar-refractivity contribution is 0.252. The van der Waals surface area contributed by atoms with Gasteiger partial charge in [-0.25, -0.2) is 4.79 Å². The summed E-state index contributed by atoms with van der Waals surface area (Å²) < 4.78 is 1.67. The number of urea groups is 1. The Hall–Kier alpha value is -2.57. The first-order valence-corrected chi connectivity index (χ1v) is 6.47. The monoisotopic (exact) mass is 272 g/mol. The average molecular weight is 272 g/mol. The topological polar surface area (TPSA) is 75.1 Å². The number of nitrogens with one attached hydrogen (secondary N) is 2. The summed E-state index contributed by atoms with van der Waals surface area (Å²) in [7, 11) is 1.84. The summed E-state index contributed by atoms with van der Waals surface area (Å²) in [6.07, 6.45) is 1.87. The molecule has 1 aromatic heterocycles. The number of hydrogen-bond acceptors (Lipinski definition) is 4. The third-order valence-electron chi connectivity index (χ3n) is 3.16. The fraction of sp³-hybridized carbons (Fsp3) is 0.308. The lowest BCUT2D eigenvalue weighted by Gasteiger charge is -2.14. The van der Waals surface area contributed by atoms with Gasteiger partial charge in [0.05, 0.1) is 6.54 Å². The average Bonchev–Trinajstić information content (AvgIpc) is 3.06. The summed E-state index contributed by atoms with van der Waals surface area (Å²) in [6, 6.07) is 7.74. The molecule has 0 saturated carbocycles. The number of aryl methyl sites for hydroxylation is 1. The van der Waals surface area contributed by atoms with E-state index >= 15 is 0 Å². The van der Waals surface area contributed by atoms with E-state index in [4.69, 9.17) is 0 Å². The van der Waals surface area contributed by atoms with Crippen molar-refractivity contribution >= 4 is 17.4 Å². The van der Waals surface area contributed by atoms with Gasteiger partial charge in [-0.3, -0.25) is 9.58 Å². The molecule has 0 radical (unpaired) electrons. The van der Waals surface area contributed by atoms with Crippen LogP contribution in [0.1, 0.15) is 5.69 Å². The minimum atomic E-state index is -0.0368. The summed E-state index contributed by atoms with van der Waals surface area (Å²) in [4.78, 5) is 13.3. The van der Waals surface area contributed by atoms with Crippen LogP contribution in [-0.2, 0) is 13.6 Å². The Morgan fingerprint density at radius 3 is 2.75 bits per heavy atom. The number of carbonyl (C=O) groups excluding carboxylic acids is 1. The number of hydrogen-bond donors (Lipinski definition) is 2. The normalized spacial score (nSPS) is 14.4. The van der Waals surface area contributed by atoms with Crippen LogP contribution >= 0.6 is 0 Å². The second kappa shape index (κ2) is 5.20. The fourth-order valence-electron chi connectivity index (χ4n) is 2.15. The van der Waals surface area contributed by atoms with E-state index in [0.29, 0.717) is 19.6 Å². The van der Waals surface area contributed by atoms with Crippen molar-refractivity contribution in [3.63, 3.8) is 0 Å². The Morgan fingerprint density at radius 1 is 1.35 bits per heavy atom. The van der Waals surface area contributed by atoms with Crippen LogP contribution in [0.5, 0.6) is 0 Å². The first kappa shape index (κ1) is 12.5. The zero-order chi connectivity index (χ0) is 13.9. The number of amides is 2. The Kier molecular flexibility index (Phi) is 3.24. The minimum absolute atomic E-state index is 0.0368. The van der Waals surface area contributed by atoms with E-state index in [1.807, 2.05) is 37.5 Å². The van der Waals surface area contributed by atoms with Gasteiger partial charge >= 0.3 is 6.03 Å². The van der Waals surface area contributed by atoms with E-state index < -0.39 is 0 Å². The molecule has 0 aliphatic carbocycles. The second-order valence-electron chi connectivity index (χ2n) is 4.67. The Morgan fingerprint density at radius 2 is 2.15 bits per heavy atom. The molecule has 1 aromatic carbocycles. The van der Waals surface area contributed by atoms with Crippen LogP contribution in [0, 0.1) is 0 Å². The number of rotatable bonds is 4. The molecule has 2 amide bonds. The molecular weight excluding hydrogens is 256 g/mol. The first-order valence-electron chi connectivity index (χ1n) is 6.47. The third-order valence-corrected chi connectivity index (χ3v) is 3.16. The molecule has 7 heteroatoms. The van der Waals surface area contributed by atoms with Gasteiger partial charge in [-0.2, -0.15) is 0 Å². The highest BCUT2D eigenvalue weighted by molar-refractivity contribution is 5.94. The highest BCUT2D eigenvalue weighted by atomic mass is 16.2. The Labute approximate surface area is 116 Å². The van der Waals surface area contributed by atoms with Gasteiger partial charge < -0.3 is 10.6 Å². The third kappa shape index (κ3) is 2.56. The van der Waals surface area contributed by atoms with Crippen LogP contribution in [0.15, 0.2) is 30.5 Å². The lowest BCUT2D eigenvalue weighted by Crippen LogP contribution is -2.27. The maximum atomic E-state index is 11.6. The maximum absolute atomic E-state index is 11.6. The lowest BCUT2D eigenvalue weighted by atomic mass is 10.2. The highest BCUT2D eigenvalue weighted by Crippen LogP contribution is 2.19. The zero-order valence-corrected chi connectivity index (χ0v) is 11.2. The molecule has 1 aliphatic rings. The van der Waals surface area contributed by atoms with E-state index in [0.717, 1.165) is 17.1 Å². The second-order valence-corrected chi connectivity index (χ2v) is 4.67. The van der Waals surface area contributed by atoms with Gasteiger partial charge in [0.2, 0.25) is 0 Å². The fourth-order valence-corrected chi connectivity index (χ4v) is 2.15. The minimum Gasteiger partial charge on any atom is -0.379 e. The largest absolute Gasteiger partial charge is 0.379 e. The smallest absolute Gasteiger partial charge is 0.321 e. The number of benzene rings is 1. The summed E-state index contributed by atoms with van der Waals surface area (Å²) in [5, 5.41) is 13.9. The maximum Gasteiger partial charge on any atom is 0.321 e. The SMILES string of the molecule is Cn1cc(CNc2ccc(N3CCNC3=O)cc2)nn1. The molecule has 1 fully saturated rings. The van der Waals surface area contributed by atoms with Crippen molar-refractivity contribution in [2.24, 2.45) is 7.05 Å². The van der Waals surface area contributed by atoms with Crippen LogP contribution in [0.3, 0.4) is 0 Å². The predicted octanol–water partition coefficient (Wildman–Crippen LogP) is 0.957. The van der Waals surface area contributed by atoms with Gasteiger partial charge in [0, 0.05) is 37.7 Å². The molecule has 7 nitrogen and oxygen atoms in total. The van der Waals surface area contributed by atoms with Crippen molar-refractivity contribution in [2.75, 3.05) is 23.3 Å². The number of carbonyl (C=O) groups is 1. The molecule has 3 rings (SSSR count). The van der Waals surface area contributed by atoms with E-state index in [-0.39, 0.29) is 6.03 Å². The number of nitrogens with zero attached hydrogens (tertiary/aromatic N) is 4. The number of aromatic nitrogens is 3. The molecule has 1 saturated heterocycles. The van der Waals surface area contributed by atoms with E-state index in [9.17, 15) is 4.79 Å². The molecule has 0 bridgehead atoms. The van der Waals surface area contributed by atoms with Crippen LogP contribution in [0.4, 0.5) is 16.2 Å². The standard InChI is InChI=1S/C13H16N6O/c1-18-9-11(16-17-18)8-15-10-2-4-12(5-3-10)19-7-6-14-13(19)20/h2-5,9,15H,6-8H2,1H3,(H,14,20). The van der Waals surface area contributed by atoms with Crippen LogP contribution < -0.4 is 15.5 Å². The quantitative estimate of drug-likeness (QED) is 0.869. The molecule has 20 heavy (non-hydrogen) atoms. The molecule has 0 unspecified atom stereocenters. The van der Waals surface area contributed by atoms with Crippen LogP contribution in [-0.4, -0.2) is 34.1 Å². The zero-order valence-electron chi connectivity index (χ0n) is 11.2. The van der Waals surface area contributed by atoms with Crippen molar-refractivity contribution in [3.8, 4) is 0 Å². The van der Waals surface area contributed by atoms with Crippen molar-refractivity contribution in [1.29, 1.82) is 0 Å². The van der Waals surface area contributed by atoms with E-state index in [1.54, 1.807) is 9.58 Å². The van der Waals surface area contributed by atoms with Gasteiger partial charge in [0.1, 0.15) is 5.69 Å². The van der Waals surface area contributed by atoms with Crippen LogP contribution in [0.2, 0.25) is 0 Å². The summed E-state index contributed by atoms with van der Waals surface area (Å²) in [5.74, 6) is 0.